The largest absolute Gasteiger partial charge is 0.317 e. The molecule has 1 rings (SSSR count). The van der Waals surface area contributed by atoms with E-state index in [1.165, 1.54) is 16.7 Å². The fourth-order valence-electron chi connectivity index (χ4n) is 1.89. The van der Waals surface area contributed by atoms with Crippen LogP contribution in [0.5, 0.6) is 0 Å². The molecule has 0 atom stereocenters. The van der Waals surface area contributed by atoms with Crippen molar-refractivity contribution in [2.45, 2.75) is 33.6 Å². The molecule has 88 valence electrons. The highest BCUT2D eigenvalue weighted by Gasteiger charge is 1.93. The molecule has 0 amide bonds. The van der Waals surface area contributed by atoms with Crippen LogP contribution in [0, 0.1) is 13.8 Å². The van der Waals surface area contributed by atoms with E-state index in [2.05, 4.69) is 56.4 Å². The highest BCUT2D eigenvalue weighted by atomic mass is 14.8. The van der Waals surface area contributed by atoms with Gasteiger partial charge in [0.2, 0.25) is 0 Å². The molecule has 16 heavy (non-hydrogen) atoms. The van der Waals surface area contributed by atoms with Gasteiger partial charge in [-0.1, -0.05) is 48.4 Å². The summed E-state index contributed by atoms with van der Waals surface area (Å²) in [7, 11) is 0. The Hall–Kier alpha value is -1.08. The Labute approximate surface area is 99.6 Å². The molecule has 0 aliphatic rings. The Morgan fingerprint density at radius 2 is 1.75 bits per heavy atom. The van der Waals surface area contributed by atoms with Crippen molar-refractivity contribution < 1.29 is 0 Å². The van der Waals surface area contributed by atoms with Crippen LogP contribution < -0.4 is 5.32 Å². The Morgan fingerprint density at radius 1 is 1.06 bits per heavy atom. The predicted octanol–water partition coefficient (Wildman–Crippen LogP) is 3.40. The van der Waals surface area contributed by atoms with Crippen molar-refractivity contribution in [3.05, 3.63) is 47.0 Å². The van der Waals surface area contributed by atoms with Crippen molar-refractivity contribution in [2.75, 3.05) is 13.1 Å². The molecule has 1 aromatic rings. The molecule has 0 fully saturated rings. The fourth-order valence-corrected chi connectivity index (χ4v) is 1.89. The van der Waals surface area contributed by atoms with Crippen molar-refractivity contribution in [1.82, 2.24) is 5.32 Å². The van der Waals surface area contributed by atoms with Crippen molar-refractivity contribution in [1.29, 1.82) is 0 Å². The summed E-state index contributed by atoms with van der Waals surface area (Å²) in [4.78, 5) is 0. The van der Waals surface area contributed by atoms with Gasteiger partial charge in [-0.25, -0.2) is 0 Å². The van der Waals surface area contributed by atoms with Gasteiger partial charge in [-0.05, 0) is 45.3 Å². The summed E-state index contributed by atoms with van der Waals surface area (Å²) >= 11 is 0. The summed E-state index contributed by atoms with van der Waals surface area (Å²) in [6.45, 7) is 8.60. The quantitative estimate of drug-likeness (QED) is 0.569. The molecule has 0 heterocycles. The lowest BCUT2D eigenvalue weighted by Gasteiger charge is -2.02. The Morgan fingerprint density at radius 3 is 2.38 bits per heavy atom. The number of hydrogen-bond acceptors (Lipinski definition) is 1. The second-order valence-corrected chi connectivity index (χ2v) is 4.31. The minimum atomic E-state index is 1.05. The SMILES string of the molecule is CCNCCC=CCc1cc(C)cc(C)c1. The summed E-state index contributed by atoms with van der Waals surface area (Å²) < 4.78 is 0. The summed E-state index contributed by atoms with van der Waals surface area (Å²) in [5, 5.41) is 3.31. The van der Waals surface area contributed by atoms with Crippen LogP contribution in [0.15, 0.2) is 30.4 Å². The summed E-state index contributed by atoms with van der Waals surface area (Å²) in [6, 6.07) is 6.75. The van der Waals surface area contributed by atoms with Crippen molar-refractivity contribution >= 4 is 0 Å². The van der Waals surface area contributed by atoms with Crippen LogP contribution >= 0.6 is 0 Å². The third kappa shape index (κ3) is 5.13. The maximum atomic E-state index is 3.31. The minimum Gasteiger partial charge on any atom is -0.317 e. The van der Waals surface area contributed by atoms with Gasteiger partial charge >= 0.3 is 0 Å². The first-order valence-corrected chi connectivity index (χ1v) is 6.15. The number of aryl methyl sites for hydroxylation is 2. The monoisotopic (exact) mass is 217 g/mol. The fraction of sp³-hybridized carbons (Fsp3) is 0.467. The molecular formula is C15H23N. The lowest BCUT2D eigenvalue weighted by molar-refractivity contribution is 0.726. The van der Waals surface area contributed by atoms with Crippen molar-refractivity contribution in [2.24, 2.45) is 0 Å². The predicted molar refractivity (Wildman–Crippen MR) is 71.9 cm³/mol. The van der Waals surface area contributed by atoms with E-state index in [0.717, 1.165) is 25.9 Å². The molecule has 0 saturated carbocycles. The molecule has 1 heteroatoms. The van der Waals surface area contributed by atoms with Gasteiger partial charge in [0.1, 0.15) is 0 Å². The van der Waals surface area contributed by atoms with E-state index in [0.29, 0.717) is 0 Å². The third-order valence-corrected chi connectivity index (χ3v) is 2.54. The lowest BCUT2D eigenvalue weighted by Crippen LogP contribution is -2.12. The molecule has 0 aliphatic carbocycles. The molecule has 0 aliphatic heterocycles. The number of allylic oxidation sites excluding steroid dienone is 1. The maximum absolute atomic E-state index is 3.31. The first-order valence-electron chi connectivity index (χ1n) is 6.15. The molecule has 1 N–H and O–H groups in total. The van der Waals surface area contributed by atoms with Crippen LogP contribution in [-0.4, -0.2) is 13.1 Å². The molecule has 1 nitrogen and oxygen atoms in total. The summed E-state index contributed by atoms with van der Waals surface area (Å²) in [6.07, 6.45) is 6.71. The van der Waals surface area contributed by atoms with Gasteiger partial charge in [0.05, 0.1) is 0 Å². The molecule has 0 saturated heterocycles. The van der Waals surface area contributed by atoms with Gasteiger partial charge in [-0.3, -0.25) is 0 Å². The molecule has 0 radical (unpaired) electrons. The zero-order chi connectivity index (χ0) is 11.8. The highest BCUT2D eigenvalue weighted by molar-refractivity contribution is 5.29. The minimum absolute atomic E-state index is 1.05. The normalized spacial score (nSPS) is 11.2. The van der Waals surface area contributed by atoms with Gasteiger partial charge < -0.3 is 5.32 Å². The lowest BCUT2D eigenvalue weighted by atomic mass is 10.0. The van der Waals surface area contributed by atoms with E-state index in [4.69, 9.17) is 0 Å². The van der Waals surface area contributed by atoms with Crippen molar-refractivity contribution in [3.8, 4) is 0 Å². The van der Waals surface area contributed by atoms with Crippen molar-refractivity contribution in [3.63, 3.8) is 0 Å². The maximum Gasteiger partial charge on any atom is -0.00144 e. The van der Waals surface area contributed by atoms with Gasteiger partial charge in [0, 0.05) is 0 Å². The van der Waals surface area contributed by atoms with E-state index in [1.54, 1.807) is 0 Å². The third-order valence-electron chi connectivity index (χ3n) is 2.54. The first kappa shape index (κ1) is 13.0. The smallest absolute Gasteiger partial charge is 0.00144 e. The van der Waals surface area contributed by atoms with Gasteiger partial charge in [-0.15, -0.1) is 0 Å². The van der Waals surface area contributed by atoms with Gasteiger partial charge in [0.15, 0.2) is 0 Å². The van der Waals surface area contributed by atoms with E-state index in [1.807, 2.05) is 0 Å². The van der Waals surface area contributed by atoms with Crippen LogP contribution in [0.1, 0.15) is 30.0 Å². The Balaban J connectivity index is 2.36. The molecule has 0 aromatic heterocycles. The number of benzene rings is 1. The van der Waals surface area contributed by atoms with Crippen LogP contribution in [0.2, 0.25) is 0 Å². The van der Waals surface area contributed by atoms with E-state index in [9.17, 15) is 0 Å². The Bertz CT molecular complexity index is 319. The summed E-state index contributed by atoms with van der Waals surface area (Å²) in [5.74, 6) is 0. The van der Waals surface area contributed by atoms with Crippen LogP contribution in [-0.2, 0) is 6.42 Å². The number of rotatable bonds is 6. The molecule has 0 unspecified atom stereocenters. The molecule has 0 bridgehead atoms. The van der Waals surface area contributed by atoms with Gasteiger partial charge in [0.25, 0.3) is 0 Å². The van der Waals surface area contributed by atoms with Crippen LogP contribution in [0.3, 0.4) is 0 Å². The molecular weight excluding hydrogens is 194 g/mol. The summed E-state index contributed by atoms with van der Waals surface area (Å²) in [5.41, 5.74) is 4.13. The number of hydrogen-bond donors (Lipinski definition) is 1. The standard InChI is InChI=1S/C15H23N/c1-4-16-9-7-5-6-8-15-11-13(2)10-14(3)12-15/h5-6,10-12,16H,4,7-9H2,1-3H3. The highest BCUT2D eigenvalue weighted by Crippen LogP contribution is 2.09. The average Bonchev–Trinajstić information content (AvgIpc) is 2.22. The second kappa shape index (κ2) is 7.24. The molecule has 1 aromatic carbocycles. The number of nitrogens with one attached hydrogen (secondary N) is 1. The zero-order valence-corrected chi connectivity index (χ0v) is 10.7. The zero-order valence-electron chi connectivity index (χ0n) is 10.7. The van der Waals surface area contributed by atoms with Crippen LogP contribution in [0.4, 0.5) is 0 Å². The van der Waals surface area contributed by atoms with Gasteiger partial charge in [-0.2, -0.15) is 0 Å². The second-order valence-electron chi connectivity index (χ2n) is 4.31. The van der Waals surface area contributed by atoms with Crippen LogP contribution in [0.25, 0.3) is 0 Å². The average molecular weight is 217 g/mol. The Kier molecular flexibility index (Phi) is 5.87. The van der Waals surface area contributed by atoms with E-state index < -0.39 is 0 Å². The first-order chi connectivity index (χ1) is 7.72. The topological polar surface area (TPSA) is 12.0 Å². The van der Waals surface area contributed by atoms with E-state index >= 15 is 0 Å². The molecule has 0 spiro atoms. The van der Waals surface area contributed by atoms with E-state index in [-0.39, 0.29) is 0 Å².